The molecule has 1 fully saturated rings. The van der Waals surface area contributed by atoms with E-state index in [-0.39, 0.29) is 23.3 Å². The fourth-order valence-corrected chi connectivity index (χ4v) is 4.54. The van der Waals surface area contributed by atoms with E-state index in [1.807, 2.05) is 17.7 Å². The summed E-state index contributed by atoms with van der Waals surface area (Å²) in [7, 11) is 1.90. The second kappa shape index (κ2) is 8.17. The normalized spacial score (nSPS) is 19.2. The topological polar surface area (TPSA) is 67.7 Å². The van der Waals surface area contributed by atoms with Crippen LogP contribution in [0.3, 0.4) is 0 Å². The summed E-state index contributed by atoms with van der Waals surface area (Å²) in [6.45, 7) is 0. The van der Waals surface area contributed by atoms with Gasteiger partial charge in [0.2, 0.25) is 0 Å². The van der Waals surface area contributed by atoms with E-state index < -0.39 is 17.7 Å². The van der Waals surface area contributed by atoms with Crippen molar-refractivity contribution in [2.45, 2.75) is 43.9 Å². The number of rotatable bonds is 4. The van der Waals surface area contributed by atoms with Crippen molar-refractivity contribution in [2.75, 3.05) is 10.6 Å². The first-order chi connectivity index (χ1) is 15.8. The van der Waals surface area contributed by atoms with Crippen LogP contribution >= 0.6 is 0 Å². The molecule has 172 valence electrons. The molecule has 1 saturated carbocycles. The van der Waals surface area contributed by atoms with E-state index in [2.05, 4.69) is 25.6 Å². The highest BCUT2D eigenvalue weighted by atomic mass is 19.4. The molecule has 6 nitrogen and oxygen atoms in total. The van der Waals surface area contributed by atoms with Crippen LogP contribution in [0.5, 0.6) is 0 Å². The molecule has 10 heteroatoms. The number of imidazole rings is 1. The number of alkyl halides is 3. The molecular formula is C23H22F4N6. The van der Waals surface area contributed by atoms with Gasteiger partial charge in [-0.05, 0) is 56.0 Å². The van der Waals surface area contributed by atoms with Gasteiger partial charge in [0.15, 0.2) is 5.82 Å². The van der Waals surface area contributed by atoms with Gasteiger partial charge in [0.05, 0.1) is 17.4 Å². The summed E-state index contributed by atoms with van der Waals surface area (Å²) in [6.07, 6.45) is 2.11. The monoisotopic (exact) mass is 458 g/mol. The van der Waals surface area contributed by atoms with Crippen LogP contribution in [0.1, 0.15) is 31.4 Å². The lowest BCUT2D eigenvalue weighted by Gasteiger charge is -2.32. The number of anilines is 2. The number of hydrogen-bond acceptors (Lipinski definition) is 5. The number of pyridine rings is 2. The minimum absolute atomic E-state index is 0.0798. The molecule has 0 saturated heterocycles. The maximum Gasteiger partial charge on any atom is 0.433 e. The number of aryl methyl sites for hydroxylation is 1. The lowest BCUT2D eigenvalue weighted by molar-refractivity contribution is -0.140. The number of aromatic nitrogens is 4. The van der Waals surface area contributed by atoms with Gasteiger partial charge in [0, 0.05) is 36.4 Å². The molecule has 0 amide bonds. The zero-order valence-corrected chi connectivity index (χ0v) is 17.8. The Labute approximate surface area is 187 Å². The number of hydrogen-bond donors (Lipinski definition) is 2. The van der Waals surface area contributed by atoms with Crippen LogP contribution in [0.4, 0.5) is 29.1 Å². The highest BCUT2D eigenvalue weighted by Gasteiger charge is 2.34. The molecule has 4 aromatic rings. The number of fused-ring (bicyclic) bond motifs is 2. The number of halogens is 4. The maximum absolute atomic E-state index is 13.9. The van der Waals surface area contributed by atoms with E-state index in [0.717, 1.165) is 48.2 Å². The summed E-state index contributed by atoms with van der Waals surface area (Å²) < 4.78 is 56.0. The van der Waals surface area contributed by atoms with Crippen molar-refractivity contribution in [1.29, 1.82) is 0 Å². The average molecular weight is 458 g/mol. The van der Waals surface area contributed by atoms with Gasteiger partial charge in [-0.2, -0.15) is 13.2 Å². The van der Waals surface area contributed by atoms with Gasteiger partial charge in [-0.3, -0.25) is 0 Å². The van der Waals surface area contributed by atoms with Crippen LogP contribution in [0, 0.1) is 5.82 Å². The van der Waals surface area contributed by atoms with Crippen molar-refractivity contribution in [3.63, 3.8) is 0 Å². The van der Waals surface area contributed by atoms with E-state index in [1.165, 1.54) is 12.1 Å². The number of nitrogens with one attached hydrogen (secondary N) is 2. The first-order valence-electron chi connectivity index (χ1n) is 10.7. The van der Waals surface area contributed by atoms with Crippen molar-refractivity contribution < 1.29 is 17.6 Å². The van der Waals surface area contributed by atoms with E-state index in [9.17, 15) is 17.6 Å². The van der Waals surface area contributed by atoms with E-state index in [4.69, 9.17) is 0 Å². The Balaban J connectivity index is 1.40. The van der Waals surface area contributed by atoms with Gasteiger partial charge in [0.1, 0.15) is 17.0 Å². The fraction of sp³-hybridized carbons (Fsp3) is 0.348. The molecule has 2 N–H and O–H groups in total. The summed E-state index contributed by atoms with van der Waals surface area (Å²) in [5.74, 6) is 0.208. The molecule has 0 bridgehead atoms. The van der Waals surface area contributed by atoms with E-state index >= 15 is 0 Å². The summed E-state index contributed by atoms with van der Waals surface area (Å²) in [6, 6.07) is 6.42. The molecule has 2 atom stereocenters. The van der Waals surface area contributed by atoms with Crippen LogP contribution in [-0.4, -0.2) is 31.6 Å². The molecule has 0 spiro atoms. The lowest BCUT2D eigenvalue weighted by atomic mass is 9.90. The highest BCUT2D eigenvalue weighted by Crippen LogP contribution is 2.35. The Morgan fingerprint density at radius 3 is 2.58 bits per heavy atom. The molecule has 1 aliphatic rings. The average Bonchev–Trinajstić information content (AvgIpc) is 3.15. The van der Waals surface area contributed by atoms with Gasteiger partial charge in [-0.25, -0.2) is 19.3 Å². The Morgan fingerprint density at radius 1 is 1.00 bits per heavy atom. The third-order valence-electron chi connectivity index (χ3n) is 6.06. The second-order valence-electron chi connectivity index (χ2n) is 8.45. The van der Waals surface area contributed by atoms with Crippen molar-refractivity contribution in [3.8, 4) is 0 Å². The van der Waals surface area contributed by atoms with Crippen LogP contribution in [0.25, 0.3) is 21.9 Å². The predicted octanol–water partition coefficient (Wildman–Crippen LogP) is 5.51. The summed E-state index contributed by atoms with van der Waals surface area (Å²) in [5.41, 5.74) is 1.08. The van der Waals surface area contributed by atoms with Gasteiger partial charge >= 0.3 is 6.18 Å². The largest absolute Gasteiger partial charge is 0.433 e. The standard InChI is InChI=1S/C23H22F4N6/c1-33-12-29-18-7-8-28-22(21(18)33)31-15-4-2-3-14(10-15)30-19-11-20(23(25,26)27)32-17-6-5-13(24)9-16(17)19/h5-9,11-12,14-15H,2-4,10H2,1H3,(H,28,31)(H,30,32)/t14-,15+/m0/s1. The van der Waals surface area contributed by atoms with Gasteiger partial charge in [-0.1, -0.05) is 0 Å². The summed E-state index contributed by atoms with van der Waals surface area (Å²) in [4.78, 5) is 12.5. The molecule has 3 aromatic heterocycles. The van der Waals surface area contributed by atoms with E-state index in [1.54, 1.807) is 12.5 Å². The third-order valence-corrected chi connectivity index (χ3v) is 6.06. The minimum atomic E-state index is -4.59. The zero-order chi connectivity index (χ0) is 23.2. The highest BCUT2D eigenvalue weighted by molar-refractivity contribution is 5.91. The van der Waals surface area contributed by atoms with Crippen LogP contribution in [0.15, 0.2) is 42.9 Å². The summed E-state index contributed by atoms with van der Waals surface area (Å²) in [5, 5.41) is 7.06. The van der Waals surface area contributed by atoms with Gasteiger partial charge in [-0.15, -0.1) is 0 Å². The smallest absolute Gasteiger partial charge is 0.382 e. The molecule has 3 heterocycles. The minimum Gasteiger partial charge on any atom is -0.382 e. The molecule has 33 heavy (non-hydrogen) atoms. The zero-order valence-electron chi connectivity index (χ0n) is 17.8. The number of benzene rings is 1. The molecule has 0 aliphatic heterocycles. The van der Waals surface area contributed by atoms with E-state index in [0.29, 0.717) is 11.8 Å². The van der Waals surface area contributed by atoms with Crippen molar-refractivity contribution in [1.82, 2.24) is 19.5 Å². The molecule has 1 aromatic carbocycles. The number of nitrogens with zero attached hydrogens (tertiary/aromatic N) is 4. The Morgan fingerprint density at radius 2 is 1.79 bits per heavy atom. The van der Waals surface area contributed by atoms with Crippen molar-refractivity contribution >= 4 is 33.4 Å². The molecule has 1 aliphatic carbocycles. The predicted molar refractivity (Wildman–Crippen MR) is 119 cm³/mol. The molecule has 0 radical (unpaired) electrons. The first-order valence-corrected chi connectivity index (χ1v) is 10.7. The van der Waals surface area contributed by atoms with Crippen LogP contribution < -0.4 is 10.6 Å². The quantitative estimate of drug-likeness (QED) is 0.395. The van der Waals surface area contributed by atoms with Crippen LogP contribution in [-0.2, 0) is 13.2 Å². The lowest BCUT2D eigenvalue weighted by Crippen LogP contribution is -2.34. The summed E-state index contributed by atoms with van der Waals surface area (Å²) >= 11 is 0. The molecular weight excluding hydrogens is 436 g/mol. The van der Waals surface area contributed by atoms with Gasteiger partial charge in [0.25, 0.3) is 0 Å². The van der Waals surface area contributed by atoms with Crippen LogP contribution in [0.2, 0.25) is 0 Å². The Bertz CT molecular complexity index is 1320. The Kier molecular flexibility index (Phi) is 5.30. The second-order valence-corrected chi connectivity index (χ2v) is 8.45. The molecule has 0 unspecified atom stereocenters. The van der Waals surface area contributed by atoms with Crippen molar-refractivity contribution in [3.05, 3.63) is 54.4 Å². The van der Waals surface area contributed by atoms with Crippen molar-refractivity contribution in [2.24, 2.45) is 7.05 Å². The first kappa shape index (κ1) is 21.4. The SMILES string of the molecule is Cn1cnc2ccnc(N[C@@H]3CCC[C@H](Nc4cc(C(F)(F)F)nc5ccc(F)cc45)C3)c21. The third kappa shape index (κ3) is 4.29. The Hall–Kier alpha value is -3.43. The van der Waals surface area contributed by atoms with Gasteiger partial charge < -0.3 is 15.2 Å². The fourth-order valence-electron chi connectivity index (χ4n) is 4.54. The molecule has 5 rings (SSSR count). The maximum atomic E-state index is 13.9.